The van der Waals surface area contributed by atoms with E-state index in [1.807, 2.05) is 13.2 Å². The fourth-order valence-electron chi connectivity index (χ4n) is 2.85. The van der Waals surface area contributed by atoms with Crippen LogP contribution in [0.5, 0.6) is 0 Å². The molecule has 2 atom stereocenters. The van der Waals surface area contributed by atoms with Gasteiger partial charge in [-0.2, -0.15) is 0 Å². The maximum atomic E-state index is 6.39. The number of rotatable bonds is 2. The summed E-state index contributed by atoms with van der Waals surface area (Å²) in [4.78, 5) is 0. The predicted molar refractivity (Wildman–Crippen MR) is 69.9 cm³/mol. The van der Waals surface area contributed by atoms with Gasteiger partial charge >= 0.3 is 0 Å². The van der Waals surface area contributed by atoms with Crippen molar-refractivity contribution in [2.75, 3.05) is 0 Å². The van der Waals surface area contributed by atoms with Crippen LogP contribution in [-0.2, 0) is 19.9 Å². The molecule has 18 heavy (non-hydrogen) atoms. The average molecular weight is 242 g/mol. The summed E-state index contributed by atoms with van der Waals surface area (Å²) < 4.78 is 1.75. The van der Waals surface area contributed by atoms with Gasteiger partial charge in [0.15, 0.2) is 0 Å². The summed E-state index contributed by atoms with van der Waals surface area (Å²) in [5.41, 5.74) is 10.1. The molecule has 2 N–H and O–H groups in total. The number of benzene rings is 1. The molecule has 0 amide bonds. The zero-order valence-corrected chi connectivity index (χ0v) is 10.6. The second-order valence-corrected chi connectivity index (χ2v) is 5.11. The standard InChI is InChI=1S/C14H18N4/c1-18-9-12(16-17-18)8-11-7-6-10-4-2-3-5-13(10)14(11)15/h2-5,9,11,14H,6-8,15H2,1H3. The Labute approximate surface area is 107 Å². The van der Waals surface area contributed by atoms with Gasteiger partial charge in [-0.15, -0.1) is 5.10 Å². The summed E-state index contributed by atoms with van der Waals surface area (Å²) in [6, 6.07) is 8.63. The van der Waals surface area contributed by atoms with E-state index in [1.54, 1.807) is 4.68 Å². The van der Waals surface area contributed by atoms with Crippen molar-refractivity contribution in [3.8, 4) is 0 Å². The number of aryl methyl sites for hydroxylation is 2. The molecule has 0 fully saturated rings. The van der Waals surface area contributed by atoms with Gasteiger partial charge in [-0.1, -0.05) is 29.5 Å². The number of hydrogen-bond acceptors (Lipinski definition) is 3. The van der Waals surface area contributed by atoms with Crippen molar-refractivity contribution in [3.05, 3.63) is 47.3 Å². The molecular formula is C14H18N4. The third-order valence-corrected chi connectivity index (χ3v) is 3.83. The van der Waals surface area contributed by atoms with E-state index < -0.39 is 0 Å². The number of fused-ring (bicyclic) bond motifs is 1. The Hall–Kier alpha value is -1.68. The van der Waals surface area contributed by atoms with Gasteiger partial charge < -0.3 is 5.73 Å². The molecule has 0 spiro atoms. The predicted octanol–water partition coefficient (Wildman–Crippen LogP) is 1.62. The first-order valence-electron chi connectivity index (χ1n) is 6.42. The fraction of sp³-hybridized carbons (Fsp3) is 0.429. The van der Waals surface area contributed by atoms with E-state index >= 15 is 0 Å². The van der Waals surface area contributed by atoms with Crippen molar-refractivity contribution in [2.45, 2.75) is 25.3 Å². The van der Waals surface area contributed by atoms with E-state index in [9.17, 15) is 0 Å². The zero-order chi connectivity index (χ0) is 12.5. The van der Waals surface area contributed by atoms with Gasteiger partial charge in [0, 0.05) is 19.3 Å². The van der Waals surface area contributed by atoms with Crippen LogP contribution >= 0.6 is 0 Å². The van der Waals surface area contributed by atoms with Gasteiger partial charge in [0.2, 0.25) is 0 Å². The third-order valence-electron chi connectivity index (χ3n) is 3.83. The smallest absolute Gasteiger partial charge is 0.0830 e. The number of nitrogens with zero attached hydrogens (tertiary/aromatic N) is 3. The minimum absolute atomic E-state index is 0.122. The van der Waals surface area contributed by atoms with E-state index in [-0.39, 0.29) is 6.04 Å². The fourth-order valence-corrected chi connectivity index (χ4v) is 2.85. The van der Waals surface area contributed by atoms with E-state index in [1.165, 1.54) is 11.1 Å². The van der Waals surface area contributed by atoms with Gasteiger partial charge in [-0.05, 0) is 36.3 Å². The molecule has 1 aliphatic rings. The van der Waals surface area contributed by atoms with Crippen molar-refractivity contribution in [1.82, 2.24) is 15.0 Å². The maximum Gasteiger partial charge on any atom is 0.0830 e. The van der Waals surface area contributed by atoms with Crippen molar-refractivity contribution < 1.29 is 0 Å². The van der Waals surface area contributed by atoms with Crippen LogP contribution in [0, 0.1) is 5.92 Å². The molecule has 0 bridgehead atoms. The minimum atomic E-state index is 0.122. The zero-order valence-electron chi connectivity index (χ0n) is 10.6. The van der Waals surface area contributed by atoms with Gasteiger partial charge in [-0.25, -0.2) is 0 Å². The lowest BCUT2D eigenvalue weighted by atomic mass is 9.78. The molecule has 0 radical (unpaired) electrons. The number of hydrogen-bond donors (Lipinski definition) is 1. The van der Waals surface area contributed by atoms with E-state index in [4.69, 9.17) is 5.73 Å². The van der Waals surface area contributed by atoms with Gasteiger partial charge in [0.1, 0.15) is 0 Å². The van der Waals surface area contributed by atoms with Crippen LogP contribution in [0.25, 0.3) is 0 Å². The first-order valence-corrected chi connectivity index (χ1v) is 6.42. The summed E-state index contributed by atoms with van der Waals surface area (Å²) in [5, 5.41) is 8.14. The quantitative estimate of drug-likeness (QED) is 0.870. The van der Waals surface area contributed by atoms with E-state index in [0.717, 1.165) is 25.0 Å². The van der Waals surface area contributed by atoms with Crippen LogP contribution in [0.15, 0.2) is 30.5 Å². The SMILES string of the molecule is Cn1cc(CC2CCc3ccccc3C2N)nn1. The molecule has 2 aromatic rings. The van der Waals surface area contributed by atoms with Crippen LogP contribution in [0.3, 0.4) is 0 Å². The van der Waals surface area contributed by atoms with E-state index in [0.29, 0.717) is 5.92 Å². The lowest BCUT2D eigenvalue weighted by molar-refractivity contribution is 0.373. The molecule has 4 heteroatoms. The summed E-state index contributed by atoms with van der Waals surface area (Å²) in [6.07, 6.45) is 5.15. The third kappa shape index (κ3) is 2.04. The second kappa shape index (κ2) is 4.53. The molecule has 0 aliphatic heterocycles. The Bertz CT molecular complexity index is 546. The van der Waals surface area contributed by atoms with Crippen LogP contribution in [-0.4, -0.2) is 15.0 Å². The topological polar surface area (TPSA) is 56.7 Å². The first-order chi connectivity index (χ1) is 8.74. The van der Waals surface area contributed by atoms with E-state index in [2.05, 4.69) is 34.6 Å². The lowest BCUT2D eigenvalue weighted by Gasteiger charge is -2.30. The van der Waals surface area contributed by atoms with Crippen LogP contribution < -0.4 is 5.73 Å². The Morgan fingerprint density at radius 2 is 2.22 bits per heavy atom. The Balaban J connectivity index is 1.80. The maximum absolute atomic E-state index is 6.39. The second-order valence-electron chi connectivity index (χ2n) is 5.11. The number of nitrogens with two attached hydrogens (primary N) is 1. The van der Waals surface area contributed by atoms with Crippen molar-refractivity contribution in [2.24, 2.45) is 18.7 Å². The Morgan fingerprint density at radius 1 is 1.39 bits per heavy atom. The van der Waals surface area contributed by atoms with Crippen molar-refractivity contribution in [3.63, 3.8) is 0 Å². The molecule has 1 aromatic heterocycles. The summed E-state index contributed by atoms with van der Waals surface area (Å²) in [5.74, 6) is 0.469. The molecule has 0 saturated carbocycles. The molecule has 1 aromatic carbocycles. The molecular weight excluding hydrogens is 224 g/mol. The highest BCUT2D eigenvalue weighted by Gasteiger charge is 2.27. The molecule has 4 nitrogen and oxygen atoms in total. The minimum Gasteiger partial charge on any atom is -0.324 e. The highest BCUT2D eigenvalue weighted by molar-refractivity contribution is 5.32. The average Bonchev–Trinajstić information content (AvgIpc) is 2.79. The molecule has 1 heterocycles. The molecule has 3 rings (SSSR count). The lowest BCUT2D eigenvalue weighted by Crippen LogP contribution is -2.28. The summed E-state index contributed by atoms with van der Waals surface area (Å²) in [7, 11) is 1.90. The van der Waals surface area contributed by atoms with Crippen LogP contribution in [0.2, 0.25) is 0 Å². The summed E-state index contributed by atoms with van der Waals surface area (Å²) in [6.45, 7) is 0. The Kier molecular flexibility index (Phi) is 2.88. The first kappa shape index (κ1) is 11.4. The highest BCUT2D eigenvalue weighted by atomic mass is 15.4. The van der Waals surface area contributed by atoms with Gasteiger partial charge in [0.25, 0.3) is 0 Å². The molecule has 94 valence electrons. The van der Waals surface area contributed by atoms with Crippen molar-refractivity contribution >= 4 is 0 Å². The van der Waals surface area contributed by atoms with Crippen LogP contribution in [0.1, 0.15) is 29.3 Å². The Morgan fingerprint density at radius 3 is 3.00 bits per heavy atom. The largest absolute Gasteiger partial charge is 0.324 e. The molecule has 0 saturated heterocycles. The monoisotopic (exact) mass is 242 g/mol. The normalized spacial score (nSPS) is 22.8. The summed E-state index contributed by atoms with van der Waals surface area (Å²) >= 11 is 0. The molecule has 1 aliphatic carbocycles. The molecule has 2 unspecified atom stereocenters. The van der Waals surface area contributed by atoms with Gasteiger partial charge in [0.05, 0.1) is 5.69 Å². The highest BCUT2D eigenvalue weighted by Crippen LogP contribution is 2.34. The van der Waals surface area contributed by atoms with Gasteiger partial charge in [-0.3, -0.25) is 4.68 Å². The van der Waals surface area contributed by atoms with Crippen molar-refractivity contribution in [1.29, 1.82) is 0 Å². The number of aromatic nitrogens is 3. The van der Waals surface area contributed by atoms with Crippen LogP contribution in [0.4, 0.5) is 0 Å².